The second-order valence-corrected chi connectivity index (χ2v) is 9.95. The fourth-order valence-electron chi connectivity index (χ4n) is 4.15. The third-order valence-corrected chi connectivity index (χ3v) is 7.49. The summed E-state index contributed by atoms with van der Waals surface area (Å²) in [4.78, 5) is 16.7. The summed E-state index contributed by atoms with van der Waals surface area (Å²) < 4.78 is 56.5. The number of hydrogen-bond acceptors (Lipinski definition) is 5. The number of alkyl halides is 3. The molecule has 1 N–H and O–H groups in total. The Hall–Kier alpha value is -2.52. The monoisotopic (exact) mass is 495 g/mol. The molecule has 0 amide bonds. The zero-order chi connectivity index (χ0) is 25.2. The summed E-state index contributed by atoms with van der Waals surface area (Å²) in [5.41, 5.74) is 2.95. The Bertz CT molecular complexity index is 1060. The molecule has 0 aliphatic carbocycles. The Morgan fingerprint density at radius 2 is 1.85 bits per heavy atom. The highest BCUT2D eigenvalue weighted by Crippen LogP contribution is 2.36. The number of carbonyl (C=O) groups is 1. The molecule has 1 aliphatic heterocycles. The van der Waals surface area contributed by atoms with Gasteiger partial charge >= 0.3 is 12.1 Å². The fraction of sp³-hybridized carbons (Fsp3) is 0.440. The second-order valence-electron chi connectivity index (χ2n) is 8.51. The van der Waals surface area contributed by atoms with Crippen molar-refractivity contribution in [3.05, 3.63) is 64.0 Å². The van der Waals surface area contributed by atoms with E-state index >= 15 is 0 Å². The lowest BCUT2D eigenvalue weighted by Crippen LogP contribution is -2.35. The van der Waals surface area contributed by atoms with Gasteiger partial charge in [0, 0.05) is 35.8 Å². The van der Waals surface area contributed by atoms with E-state index in [1.165, 1.54) is 0 Å². The van der Waals surface area contributed by atoms with E-state index in [2.05, 4.69) is 4.98 Å². The Labute approximate surface area is 200 Å². The van der Waals surface area contributed by atoms with Gasteiger partial charge in [0.1, 0.15) is 23.2 Å². The molecular weight excluding hydrogens is 467 g/mol. The second kappa shape index (κ2) is 10.4. The minimum Gasteiger partial charge on any atom is -0.610 e. The highest BCUT2D eigenvalue weighted by Gasteiger charge is 2.37. The number of hydrogen-bond donors (Lipinski definition) is 1. The first kappa shape index (κ1) is 26.1. The van der Waals surface area contributed by atoms with E-state index in [1.807, 2.05) is 32.9 Å². The maximum atomic E-state index is 13.0. The number of aryl methyl sites for hydroxylation is 3. The molecule has 3 unspecified atom stereocenters. The molecule has 9 heteroatoms. The highest BCUT2D eigenvalue weighted by molar-refractivity contribution is 7.91. The third-order valence-electron chi connectivity index (χ3n) is 5.95. The van der Waals surface area contributed by atoms with Gasteiger partial charge < -0.3 is 14.4 Å². The molecule has 184 valence electrons. The van der Waals surface area contributed by atoms with E-state index in [4.69, 9.17) is 4.74 Å². The lowest BCUT2D eigenvalue weighted by atomic mass is 9.86. The van der Waals surface area contributed by atoms with Gasteiger partial charge in [0.25, 0.3) is 0 Å². The van der Waals surface area contributed by atoms with Crippen molar-refractivity contribution in [3.63, 3.8) is 0 Å². The SMILES string of the molecule is CCc1cc(C)cc(CC)c1C1=C(O)CC(C(C)C[S+]([O-])c2ccc(C(F)(F)F)cn2)OC1=O. The van der Waals surface area contributed by atoms with Gasteiger partial charge in [-0.05, 0) is 42.5 Å². The molecule has 0 bridgehead atoms. The number of pyridine rings is 1. The average molecular weight is 496 g/mol. The molecule has 2 aromatic rings. The molecule has 1 aliphatic rings. The molecule has 2 heterocycles. The summed E-state index contributed by atoms with van der Waals surface area (Å²) in [6.07, 6.45) is -3.14. The van der Waals surface area contributed by atoms with Gasteiger partial charge in [-0.2, -0.15) is 13.2 Å². The predicted molar refractivity (Wildman–Crippen MR) is 124 cm³/mol. The van der Waals surface area contributed by atoms with Crippen LogP contribution in [0.3, 0.4) is 0 Å². The number of aromatic nitrogens is 1. The molecule has 3 atom stereocenters. The van der Waals surface area contributed by atoms with Crippen LogP contribution >= 0.6 is 0 Å². The smallest absolute Gasteiger partial charge is 0.417 e. The summed E-state index contributed by atoms with van der Waals surface area (Å²) in [6, 6.07) is 5.92. The first-order valence-corrected chi connectivity index (χ1v) is 12.5. The zero-order valence-electron chi connectivity index (χ0n) is 19.5. The molecule has 0 saturated heterocycles. The maximum Gasteiger partial charge on any atom is 0.417 e. The van der Waals surface area contributed by atoms with E-state index in [0.717, 1.165) is 28.8 Å². The van der Waals surface area contributed by atoms with Crippen molar-refractivity contribution >= 4 is 22.7 Å². The number of cyclic esters (lactones) is 1. The van der Waals surface area contributed by atoms with Crippen LogP contribution in [0.1, 0.15) is 55.0 Å². The molecule has 5 nitrogen and oxygen atoms in total. The molecule has 0 saturated carbocycles. The van der Waals surface area contributed by atoms with Crippen LogP contribution in [-0.2, 0) is 39.7 Å². The van der Waals surface area contributed by atoms with Crippen molar-refractivity contribution in [2.45, 2.75) is 64.3 Å². The molecular formula is C25H28F3NO4S. The molecule has 1 aromatic carbocycles. The van der Waals surface area contributed by atoms with Crippen LogP contribution in [0.15, 0.2) is 41.2 Å². The van der Waals surface area contributed by atoms with E-state index in [0.29, 0.717) is 24.6 Å². The highest BCUT2D eigenvalue weighted by atomic mass is 32.2. The standard InChI is InChI=1S/C25H28F3NO4S/c1-5-16-9-14(3)10-17(6-2)22(16)23-19(30)11-20(33-24(23)31)15(4)13-34(32)21-8-7-18(12-29-21)25(26,27)28/h7-10,12,15,20,30H,5-6,11,13H2,1-4H3. The minimum atomic E-state index is -4.52. The van der Waals surface area contributed by atoms with Gasteiger partial charge in [-0.15, -0.1) is 0 Å². The largest absolute Gasteiger partial charge is 0.610 e. The van der Waals surface area contributed by atoms with E-state index in [1.54, 1.807) is 6.92 Å². The van der Waals surface area contributed by atoms with Gasteiger partial charge in [0.2, 0.25) is 5.03 Å². The Morgan fingerprint density at radius 1 is 1.24 bits per heavy atom. The number of halogens is 3. The third kappa shape index (κ3) is 5.58. The number of ether oxygens (including phenoxy) is 1. The Kier molecular flexibility index (Phi) is 7.98. The van der Waals surface area contributed by atoms with Crippen LogP contribution in [0, 0.1) is 12.8 Å². The Balaban J connectivity index is 1.79. The molecule has 0 spiro atoms. The fourth-order valence-corrected chi connectivity index (χ4v) is 5.40. The quantitative estimate of drug-likeness (QED) is 0.402. The summed E-state index contributed by atoms with van der Waals surface area (Å²) in [5, 5.41) is 10.9. The summed E-state index contributed by atoms with van der Waals surface area (Å²) in [7, 11) is 0. The van der Waals surface area contributed by atoms with Crippen LogP contribution < -0.4 is 0 Å². The van der Waals surface area contributed by atoms with Gasteiger partial charge in [0.05, 0.1) is 5.56 Å². The average Bonchev–Trinajstić information content (AvgIpc) is 2.78. The number of nitrogens with zero attached hydrogens (tertiary/aromatic N) is 1. The summed E-state index contributed by atoms with van der Waals surface area (Å²) >= 11 is -1.70. The van der Waals surface area contributed by atoms with Gasteiger partial charge in [-0.3, -0.25) is 0 Å². The number of aliphatic hydroxyl groups is 1. The maximum absolute atomic E-state index is 13.0. The predicted octanol–water partition coefficient (Wildman–Crippen LogP) is 5.56. The molecule has 1 aromatic heterocycles. The van der Waals surface area contributed by atoms with E-state index < -0.39 is 40.9 Å². The van der Waals surface area contributed by atoms with Crippen LogP contribution in [0.4, 0.5) is 13.2 Å². The van der Waals surface area contributed by atoms with Gasteiger partial charge in [-0.1, -0.05) is 38.5 Å². The van der Waals surface area contributed by atoms with Crippen LogP contribution in [0.25, 0.3) is 5.57 Å². The first-order chi connectivity index (χ1) is 16.0. The first-order valence-electron chi connectivity index (χ1n) is 11.1. The van der Waals surface area contributed by atoms with Crippen molar-refractivity contribution in [2.24, 2.45) is 5.92 Å². The van der Waals surface area contributed by atoms with Crippen LogP contribution in [0.5, 0.6) is 0 Å². The normalized spacial score (nSPS) is 18.6. The molecule has 0 fully saturated rings. The number of rotatable bonds is 7. The van der Waals surface area contributed by atoms with Crippen molar-refractivity contribution in [3.8, 4) is 0 Å². The zero-order valence-corrected chi connectivity index (χ0v) is 20.3. The molecule has 34 heavy (non-hydrogen) atoms. The van der Waals surface area contributed by atoms with Gasteiger partial charge in [0.15, 0.2) is 0 Å². The van der Waals surface area contributed by atoms with Gasteiger partial charge in [-0.25, -0.2) is 9.78 Å². The lowest BCUT2D eigenvalue weighted by Gasteiger charge is -2.30. The number of carbonyl (C=O) groups excluding carboxylic acids is 1. The van der Waals surface area contributed by atoms with Crippen molar-refractivity contribution in [1.29, 1.82) is 0 Å². The van der Waals surface area contributed by atoms with Crippen molar-refractivity contribution in [2.75, 3.05) is 5.75 Å². The van der Waals surface area contributed by atoms with Crippen molar-refractivity contribution in [1.82, 2.24) is 4.98 Å². The van der Waals surface area contributed by atoms with Crippen LogP contribution in [-0.4, -0.2) is 32.5 Å². The van der Waals surface area contributed by atoms with Crippen LogP contribution in [0.2, 0.25) is 0 Å². The topological polar surface area (TPSA) is 82.5 Å². The minimum absolute atomic E-state index is 0.0160. The Morgan fingerprint density at radius 3 is 2.32 bits per heavy atom. The lowest BCUT2D eigenvalue weighted by molar-refractivity contribution is -0.145. The summed E-state index contributed by atoms with van der Waals surface area (Å²) in [5.74, 6) is -1.11. The molecule has 3 rings (SSSR count). The number of esters is 1. The number of benzene rings is 1. The number of aliphatic hydroxyl groups excluding tert-OH is 1. The van der Waals surface area contributed by atoms with E-state index in [-0.39, 0.29) is 28.5 Å². The summed E-state index contributed by atoms with van der Waals surface area (Å²) in [6.45, 7) is 7.68. The molecule has 0 radical (unpaired) electrons. The van der Waals surface area contributed by atoms with Crippen molar-refractivity contribution < 1.29 is 32.4 Å². The van der Waals surface area contributed by atoms with E-state index in [9.17, 15) is 27.6 Å².